The summed E-state index contributed by atoms with van der Waals surface area (Å²) in [6.45, 7) is 5.53. The molecule has 0 bridgehead atoms. The van der Waals surface area contributed by atoms with Gasteiger partial charge < -0.3 is 4.90 Å². The van der Waals surface area contributed by atoms with Crippen LogP contribution in [-0.4, -0.2) is 46.4 Å². The number of likely N-dealkylation sites (tertiary alicyclic amines) is 1. The van der Waals surface area contributed by atoms with Crippen molar-refractivity contribution in [2.24, 2.45) is 5.92 Å². The SMILES string of the molecule is CN(Cc1cccnc1)C[C@H]1CCN(Cc2cscn2)C1. The van der Waals surface area contributed by atoms with Crippen molar-refractivity contribution in [3.8, 4) is 0 Å². The minimum absolute atomic E-state index is 0.769. The Morgan fingerprint density at radius 3 is 3.19 bits per heavy atom. The van der Waals surface area contributed by atoms with Crippen LogP contribution in [0.25, 0.3) is 0 Å². The second kappa shape index (κ2) is 7.11. The summed E-state index contributed by atoms with van der Waals surface area (Å²) in [5.74, 6) is 0.769. The summed E-state index contributed by atoms with van der Waals surface area (Å²) in [7, 11) is 2.20. The highest BCUT2D eigenvalue weighted by Gasteiger charge is 2.23. The lowest BCUT2D eigenvalue weighted by molar-refractivity contribution is 0.254. The molecule has 2 aromatic rings. The van der Waals surface area contributed by atoms with Crippen LogP contribution in [0.5, 0.6) is 0 Å². The monoisotopic (exact) mass is 302 g/mol. The lowest BCUT2D eigenvalue weighted by atomic mass is 10.1. The first-order chi connectivity index (χ1) is 10.3. The predicted octanol–water partition coefficient (Wildman–Crippen LogP) is 2.49. The zero-order valence-electron chi connectivity index (χ0n) is 12.5. The molecule has 0 unspecified atom stereocenters. The molecule has 1 fully saturated rings. The molecule has 1 aliphatic heterocycles. The Morgan fingerprint density at radius 1 is 1.48 bits per heavy atom. The normalized spacial score (nSPS) is 19.4. The van der Waals surface area contributed by atoms with Gasteiger partial charge in [-0.1, -0.05) is 6.07 Å². The van der Waals surface area contributed by atoms with Crippen LogP contribution in [-0.2, 0) is 13.1 Å². The van der Waals surface area contributed by atoms with Crippen molar-refractivity contribution in [2.75, 3.05) is 26.7 Å². The summed E-state index contributed by atoms with van der Waals surface area (Å²) >= 11 is 1.68. The quantitative estimate of drug-likeness (QED) is 0.820. The smallest absolute Gasteiger partial charge is 0.0795 e. The lowest BCUT2D eigenvalue weighted by Gasteiger charge is -2.21. The average Bonchev–Trinajstić information content (AvgIpc) is 3.13. The highest BCUT2D eigenvalue weighted by Crippen LogP contribution is 2.20. The maximum absolute atomic E-state index is 4.38. The zero-order valence-corrected chi connectivity index (χ0v) is 13.3. The molecule has 0 aromatic carbocycles. The van der Waals surface area contributed by atoms with E-state index in [-0.39, 0.29) is 0 Å². The van der Waals surface area contributed by atoms with Crippen LogP contribution in [0.3, 0.4) is 0 Å². The van der Waals surface area contributed by atoms with E-state index in [9.17, 15) is 0 Å². The van der Waals surface area contributed by atoms with Gasteiger partial charge >= 0.3 is 0 Å². The molecule has 0 radical (unpaired) electrons. The fraction of sp³-hybridized carbons (Fsp3) is 0.500. The molecule has 112 valence electrons. The van der Waals surface area contributed by atoms with E-state index in [4.69, 9.17) is 0 Å². The highest BCUT2D eigenvalue weighted by molar-refractivity contribution is 7.07. The van der Waals surface area contributed by atoms with Crippen molar-refractivity contribution in [2.45, 2.75) is 19.5 Å². The van der Waals surface area contributed by atoms with E-state index in [1.165, 1.54) is 30.8 Å². The van der Waals surface area contributed by atoms with Crippen LogP contribution in [0, 0.1) is 5.92 Å². The molecule has 0 amide bonds. The Labute approximate surface area is 130 Å². The van der Waals surface area contributed by atoms with E-state index >= 15 is 0 Å². The van der Waals surface area contributed by atoms with Gasteiger partial charge in [0.2, 0.25) is 0 Å². The molecule has 21 heavy (non-hydrogen) atoms. The number of rotatable bonds is 6. The van der Waals surface area contributed by atoms with Crippen LogP contribution >= 0.6 is 11.3 Å². The fourth-order valence-electron chi connectivity index (χ4n) is 3.06. The van der Waals surface area contributed by atoms with Crippen molar-refractivity contribution in [1.29, 1.82) is 0 Å². The molecule has 3 rings (SSSR count). The number of nitrogens with zero attached hydrogens (tertiary/aromatic N) is 4. The maximum atomic E-state index is 4.38. The molecule has 0 saturated carbocycles. The molecule has 5 heteroatoms. The van der Waals surface area contributed by atoms with Gasteiger partial charge in [0, 0.05) is 44.0 Å². The second-order valence-corrected chi connectivity index (χ2v) is 6.65. The molecular weight excluding hydrogens is 280 g/mol. The van der Waals surface area contributed by atoms with Crippen molar-refractivity contribution < 1.29 is 0 Å². The van der Waals surface area contributed by atoms with E-state index in [1.54, 1.807) is 11.3 Å². The summed E-state index contributed by atoms with van der Waals surface area (Å²) in [4.78, 5) is 13.5. The number of hydrogen-bond acceptors (Lipinski definition) is 5. The van der Waals surface area contributed by atoms with E-state index in [1.807, 2.05) is 24.0 Å². The minimum atomic E-state index is 0.769. The van der Waals surface area contributed by atoms with Crippen LogP contribution < -0.4 is 0 Å². The Morgan fingerprint density at radius 2 is 2.43 bits per heavy atom. The average molecular weight is 302 g/mol. The van der Waals surface area contributed by atoms with Gasteiger partial charge in [-0.2, -0.15) is 0 Å². The zero-order chi connectivity index (χ0) is 14.5. The molecule has 1 aliphatic rings. The van der Waals surface area contributed by atoms with Crippen molar-refractivity contribution in [1.82, 2.24) is 19.8 Å². The summed E-state index contributed by atoms with van der Waals surface area (Å²) < 4.78 is 0. The molecule has 0 spiro atoms. The van der Waals surface area contributed by atoms with Crippen LogP contribution in [0.2, 0.25) is 0 Å². The van der Waals surface area contributed by atoms with E-state index < -0.39 is 0 Å². The predicted molar refractivity (Wildman–Crippen MR) is 86.1 cm³/mol. The molecule has 4 nitrogen and oxygen atoms in total. The third-order valence-electron chi connectivity index (χ3n) is 3.98. The number of thiazole rings is 1. The Hall–Kier alpha value is -1.30. The Kier molecular flexibility index (Phi) is 4.95. The summed E-state index contributed by atoms with van der Waals surface area (Å²) in [6, 6.07) is 4.15. The topological polar surface area (TPSA) is 32.3 Å². The van der Waals surface area contributed by atoms with Gasteiger partial charge in [0.1, 0.15) is 0 Å². The first-order valence-corrected chi connectivity index (χ1v) is 8.41. The van der Waals surface area contributed by atoms with Crippen molar-refractivity contribution in [3.05, 3.63) is 46.7 Å². The minimum Gasteiger partial charge on any atom is -0.302 e. The lowest BCUT2D eigenvalue weighted by Crippen LogP contribution is -2.28. The van der Waals surface area contributed by atoms with E-state index in [2.05, 4.69) is 38.3 Å². The van der Waals surface area contributed by atoms with Crippen molar-refractivity contribution >= 4 is 11.3 Å². The standard InChI is InChI=1S/C16H22N4S/c1-19(8-14-3-2-5-17-7-14)9-15-4-6-20(10-15)11-16-12-21-13-18-16/h2-3,5,7,12-13,15H,4,6,8-11H2,1H3/t15-/m1/s1. The fourth-order valence-corrected chi connectivity index (χ4v) is 3.61. The molecule has 2 aromatic heterocycles. The van der Waals surface area contributed by atoms with Crippen LogP contribution in [0.4, 0.5) is 0 Å². The Balaban J connectivity index is 1.44. The van der Waals surface area contributed by atoms with Gasteiger partial charge in [0.05, 0.1) is 11.2 Å². The maximum Gasteiger partial charge on any atom is 0.0795 e. The van der Waals surface area contributed by atoms with Crippen molar-refractivity contribution in [3.63, 3.8) is 0 Å². The number of hydrogen-bond donors (Lipinski definition) is 0. The summed E-state index contributed by atoms with van der Waals surface area (Å²) in [5, 5.41) is 2.15. The molecular formula is C16H22N4S. The van der Waals surface area contributed by atoms with Gasteiger partial charge in [-0.3, -0.25) is 9.88 Å². The third-order valence-corrected chi connectivity index (χ3v) is 4.62. The molecule has 3 heterocycles. The molecule has 1 saturated heterocycles. The van der Waals surface area contributed by atoms with Crippen LogP contribution in [0.15, 0.2) is 35.4 Å². The molecule has 0 aliphatic carbocycles. The Bertz CT molecular complexity index is 528. The highest BCUT2D eigenvalue weighted by atomic mass is 32.1. The summed E-state index contributed by atoms with van der Waals surface area (Å²) in [5.41, 5.74) is 4.42. The largest absolute Gasteiger partial charge is 0.302 e. The summed E-state index contributed by atoms with van der Waals surface area (Å²) in [6.07, 6.45) is 5.08. The number of aromatic nitrogens is 2. The van der Waals surface area contributed by atoms with E-state index in [0.717, 1.165) is 25.6 Å². The van der Waals surface area contributed by atoms with E-state index in [0.29, 0.717) is 0 Å². The first-order valence-electron chi connectivity index (χ1n) is 7.46. The van der Waals surface area contributed by atoms with Gasteiger partial charge in [-0.05, 0) is 37.6 Å². The molecule has 0 N–H and O–H groups in total. The van der Waals surface area contributed by atoms with Gasteiger partial charge in [0.15, 0.2) is 0 Å². The van der Waals surface area contributed by atoms with Gasteiger partial charge in [-0.25, -0.2) is 4.98 Å². The van der Waals surface area contributed by atoms with Gasteiger partial charge in [-0.15, -0.1) is 11.3 Å². The second-order valence-electron chi connectivity index (χ2n) is 5.93. The number of pyridine rings is 1. The third kappa shape index (κ3) is 4.33. The molecule has 1 atom stereocenters. The van der Waals surface area contributed by atoms with Crippen LogP contribution in [0.1, 0.15) is 17.7 Å². The van der Waals surface area contributed by atoms with Gasteiger partial charge in [0.25, 0.3) is 0 Å². The first kappa shape index (κ1) is 14.6.